The summed E-state index contributed by atoms with van der Waals surface area (Å²) in [5.41, 5.74) is 1.81. The fourth-order valence-corrected chi connectivity index (χ4v) is 155. The Kier molecular flexibility index (Phi) is 6.68. The Morgan fingerprint density at radius 2 is 0.969 bits per heavy atom. The molecule has 32 heavy (non-hydrogen) atoms. The van der Waals surface area contributed by atoms with E-state index >= 15 is 0 Å². The minimum Gasteiger partial charge on any atom is -0.0713 e. The molecule has 2 bridgehead atoms. The van der Waals surface area contributed by atoms with Crippen LogP contribution in [0.5, 0.6) is 0 Å². The van der Waals surface area contributed by atoms with Gasteiger partial charge in [-0.05, 0) is 20.7 Å². The summed E-state index contributed by atoms with van der Waals surface area (Å²) in [5, 5.41) is 0. The molecule has 0 unspecified atom stereocenters. The minimum absolute atomic E-state index is 0.612. The molecule has 0 radical (unpaired) electrons. The van der Waals surface area contributed by atoms with Gasteiger partial charge in [-0.15, -0.1) is 0 Å². The molecule has 4 rings (SSSR count). The molecular weight excluding hydrogens is 549 g/mol. The summed E-state index contributed by atoms with van der Waals surface area (Å²) in [6.45, 7) is 37.8. The molecule has 1 aromatic rings. The third-order valence-corrected chi connectivity index (χ3v) is 104. The lowest BCUT2D eigenvalue weighted by Crippen LogP contribution is -3.07. The van der Waals surface area contributed by atoms with Gasteiger partial charge in [0.2, 0.25) is 0 Å². The topological polar surface area (TPSA) is 0 Å². The highest BCUT2D eigenvalue weighted by Crippen LogP contribution is 2.78. The van der Waals surface area contributed by atoms with Gasteiger partial charge in [0, 0.05) is 50.0 Å². The summed E-state index contributed by atoms with van der Waals surface area (Å²) in [6.07, 6.45) is 5.93. The van der Waals surface area contributed by atoms with Crippen molar-refractivity contribution in [2.75, 3.05) is 0 Å². The maximum atomic E-state index is 3.78. The molecule has 0 spiro atoms. The molecule has 0 aliphatic carbocycles. The van der Waals surface area contributed by atoms with Crippen LogP contribution in [0.2, 0.25) is 82.8 Å². The molecule has 3 saturated heterocycles. The molecular formula is C25H51BrSi6. The second kappa shape index (κ2) is 7.75. The lowest BCUT2D eigenvalue weighted by molar-refractivity contribution is 0.644. The van der Waals surface area contributed by atoms with Gasteiger partial charge < -0.3 is 0 Å². The molecule has 3 aliphatic heterocycles. The lowest BCUT2D eigenvalue weighted by atomic mass is 10.2. The summed E-state index contributed by atoms with van der Waals surface area (Å²) in [4.78, 5) is 0. The van der Waals surface area contributed by atoms with Crippen molar-refractivity contribution in [3.63, 3.8) is 0 Å². The van der Waals surface area contributed by atoms with Gasteiger partial charge in [0.1, 0.15) is 0 Å². The Morgan fingerprint density at radius 1 is 0.594 bits per heavy atom. The van der Waals surface area contributed by atoms with E-state index in [0.29, 0.717) is 4.28 Å². The zero-order valence-electron chi connectivity index (χ0n) is 23.5. The van der Waals surface area contributed by atoms with E-state index in [1.165, 1.54) is 23.7 Å². The average molecular weight is 600 g/mol. The fraction of sp³-hybridized carbons (Fsp3) is 0.760. The predicted octanol–water partition coefficient (Wildman–Crippen LogP) is 9.22. The number of fused-ring (bicyclic) bond motifs is 3. The van der Waals surface area contributed by atoms with Gasteiger partial charge in [-0.1, -0.05) is 145 Å². The van der Waals surface area contributed by atoms with Crippen LogP contribution in [-0.4, -0.2) is 45.5 Å². The maximum absolute atomic E-state index is 3.78. The predicted molar refractivity (Wildman–Crippen MR) is 168 cm³/mol. The molecule has 0 N–H and O–H groups in total. The van der Waals surface area contributed by atoms with Crippen molar-refractivity contribution in [1.82, 2.24) is 0 Å². The van der Waals surface area contributed by atoms with Crippen LogP contribution in [0.3, 0.4) is 0 Å². The number of hydrogen-bond acceptors (Lipinski definition) is 0. The second-order valence-corrected chi connectivity index (χ2v) is 65.1. The zero-order chi connectivity index (χ0) is 24.8. The summed E-state index contributed by atoms with van der Waals surface area (Å²) >= 11 is 3.78. The van der Waals surface area contributed by atoms with E-state index in [-0.39, 0.29) is 0 Å². The van der Waals surface area contributed by atoms with Crippen molar-refractivity contribution in [3.8, 4) is 0 Å². The Labute approximate surface area is 214 Å². The summed E-state index contributed by atoms with van der Waals surface area (Å²) in [6, 6.07) is 9.99. The van der Waals surface area contributed by atoms with Crippen LogP contribution in [0.15, 0.2) is 28.7 Å². The Balaban J connectivity index is 2.55. The SMILES string of the molecule is CCCCCC12[Si](C)(C)[Si](C)(C)C(c3ccc(Br)cc3)([Si](C)(C)[Si]1(C)C)[Si](C)(C)[Si]2(C)C. The normalized spacial score (nSPS) is 34.9. The molecule has 0 nitrogen and oxygen atoms in total. The molecule has 0 saturated carbocycles. The minimum atomic E-state index is -1.57. The van der Waals surface area contributed by atoms with Gasteiger partial charge in [0.25, 0.3) is 0 Å². The van der Waals surface area contributed by atoms with E-state index in [9.17, 15) is 0 Å². The molecule has 1 aromatic carbocycles. The smallest absolute Gasteiger partial charge is 0.0464 e. The highest BCUT2D eigenvalue weighted by Gasteiger charge is 2.91. The summed E-state index contributed by atoms with van der Waals surface area (Å²) in [7, 11) is -9.20. The third-order valence-electron chi connectivity index (χ3n) is 13.1. The number of benzene rings is 1. The maximum Gasteiger partial charge on any atom is 0.0464 e. The van der Waals surface area contributed by atoms with E-state index < -0.39 is 45.5 Å². The van der Waals surface area contributed by atoms with Crippen LogP contribution >= 0.6 is 15.9 Å². The number of rotatable bonds is 5. The summed E-state index contributed by atoms with van der Waals surface area (Å²) < 4.78 is 2.68. The first-order valence-corrected chi connectivity index (χ1v) is 34.9. The van der Waals surface area contributed by atoms with Crippen molar-refractivity contribution in [2.24, 2.45) is 0 Å². The van der Waals surface area contributed by atoms with Crippen LogP contribution in [-0.2, 0) is 4.28 Å². The van der Waals surface area contributed by atoms with Crippen LogP contribution < -0.4 is 0 Å². The molecule has 0 aromatic heterocycles. The molecule has 7 heteroatoms. The van der Waals surface area contributed by atoms with Gasteiger partial charge in [-0.3, -0.25) is 0 Å². The third kappa shape index (κ3) is 2.58. The molecule has 3 heterocycles. The molecule has 182 valence electrons. The molecule has 3 aliphatic rings. The summed E-state index contributed by atoms with van der Waals surface area (Å²) in [5.74, 6) is 0. The van der Waals surface area contributed by atoms with E-state index in [0.717, 1.165) is 4.28 Å². The first-order valence-electron chi connectivity index (χ1n) is 13.1. The largest absolute Gasteiger partial charge is 0.0713 e. The molecule has 0 atom stereocenters. The van der Waals surface area contributed by atoms with Crippen LogP contribution in [0.1, 0.15) is 38.2 Å². The van der Waals surface area contributed by atoms with E-state index in [1.807, 2.05) is 5.56 Å². The van der Waals surface area contributed by atoms with Crippen LogP contribution in [0.25, 0.3) is 0 Å². The van der Waals surface area contributed by atoms with E-state index in [4.69, 9.17) is 0 Å². The second-order valence-electron chi connectivity index (χ2n) is 14.4. The Bertz CT molecular complexity index is 810. The number of unbranched alkanes of at least 4 members (excludes halogenated alkanes) is 2. The Hall–Kier alpha value is 1.00. The highest BCUT2D eigenvalue weighted by atomic mass is 79.9. The fourth-order valence-electron chi connectivity index (χ4n) is 11.1. The molecule has 0 amide bonds. The van der Waals surface area contributed by atoms with Crippen molar-refractivity contribution in [1.29, 1.82) is 0 Å². The van der Waals surface area contributed by atoms with Crippen LogP contribution in [0.4, 0.5) is 0 Å². The zero-order valence-corrected chi connectivity index (χ0v) is 31.1. The lowest BCUT2D eigenvalue weighted by Gasteiger charge is -2.89. The van der Waals surface area contributed by atoms with Gasteiger partial charge in [-0.2, -0.15) is 0 Å². The van der Waals surface area contributed by atoms with Gasteiger partial charge in [0.05, 0.1) is 0 Å². The van der Waals surface area contributed by atoms with Gasteiger partial charge in [0.15, 0.2) is 0 Å². The number of halogens is 1. The van der Waals surface area contributed by atoms with E-state index in [2.05, 4.69) is 126 Å². The van der Waals surface area contributed by atoms with Crippen molar-refractivity contribution < 1.29 is 0 Å². The van der Waals surface area contributed by atoms with E-state index in [1.54, 1.807) is 6.42 Å². The van der Waals surface area contributed by atoms with Crippen molar-refractivity contribution in [2.45, 2.75) is 120 Å². The molecule has 3 fully saturated rings. The quantitative estimate of drug-likeness (QED) is 0.234. The van der Waals surface area contributed by atoms with Crippen LogP contribution in [0, 0.1) is 0 Å². The number of hydrogen-bond donors (Lipinski definition) is 0. The van der Waals surface area contributed by atoms with Gasteiger partial charge >= 0.3 is 0 Å². The monoisotopic (exact) mass is 598 g/mol. The van der Waals surface area contributed by atoms with Gasteiger partial charge in [-0.25, -0.2) is 0 Å². The average Bonchev–Trinajstić information content (AvgIpc) is 2.64. The first-order chi connectivity index (χ1) is 14.3. The first kappa shape index (κ1) is 27.6. The van der Waals surface area contributed by atoms with Crippen molar-refractivity contribution in [3.05, 3.63) is 34.3 Å². The van der Waals surface area contributed by atoms with Crippen molar-refractivity contribution >= 4 is 61.5 Å². The highest BCUT2D eigenvalue weighted by molar-refractivity contribution is 9.10. The standard InChI is InChI=1S/C25H51BrSi6/c1-14-15-16-21-24-27(2,3)30(8,9)25(31(10,11)28(24,4)5,32(12,13)29(24,6)7)22-17-19-23(26)20-18-22/h17-20H,14-16,21H2,1-13H3. The Morgan fingerprint density at radius 3 is 1.31 bits per heavy atom.